The second-order valence-corrected chi connectivity index (χ2v) is 6.49. The van der Waals surface area contributed by atoms with E-state index in [4.69, 9.17) is 0 Å². The molecule has 4 nitrogen and oxygen atoms in total. The highest BCUT2D eigenvalue weighted by Gasteiger charge is 2.24. The van der Waals surface area contributed by atoms with Crippen LogP contribution >= 0.6 is 0 Å². The lowest BCUT2D eigenvalue weighted by Crippen LogP contribution is -2.40. The molecule has 0 saturated carbocycles. The summed E-state index contributed by atoms with van der Waals surface area (Å²) >= 11 is 0. The predicted octanol–water partition coefficient (Wildman–Crippen LogP) is 3.13. The number of benzene rings is 1. The number of piperidine rings is 1. The minimum absolute atomic E-state index is 0.113. The number of nitrogens with one attached hydrogen (secondary N) is 1. The van der Waals surface area contributed by atoms with Gasteiger partial charge in [0.15, 0.2) is 0 Å². The molecule has 24 heavy (non-hydrogen) atoms. The molecule has 1 aliphatic heterocycles. The van der Waals surface area contributed by atoms with E-state index in [1.807, 2.05) is 61.3 Å². The van der Waals surface area contributed by atoms with Crippen LogP contribution in [0.3, 0.4) is 0 Å². The fraction of sp³-hybridized carbons (Fsp3) is 0.400. The van der Waals surface area contributed by atoms with Gasteiger partial charge in [-0.2, -0.15) is 0 Å². The summed E-state index contributed by atoms with van der Waals surface area (Å²) < 4.78 is 0. The van der Waals surface area contributed by atoms with Crippen molar-refractivity contribution in [3.63, 3.8) is 0 Å². The van der Waals surface area contributed by atoms with E-state index in [0.717, 1.165) is 55.0 Å². The average Bonchev–Trinajstić information content (AvgIpc) is 2.63. The van der Waals surface area contributed by atoms with Crippen molar-refractivity contribution in [2.45, 2.75) is 19.8 Å². The lowest BCUT2D eigenvalue weighted by Gasteiger charge is -2.32. The van der Waals surface area contributed by atoms with Crippen molar-refractivity contribution >= 4 is 5.91 Å². The number of carbonyl (C=O) groups excluding carboxylic acids is 1. The number of aromatic nitrogens is 1. The molecule has 0 radical (unpaired) electrons. The Morgan fingerprint density at radius 2 is 1.88 bits per heavy atom. The number of rotatable bonds is 4. The maximum atomic E-state index is 12.8. The molecule has 1 fully saturated rings. The Balaban J connectivity index is 1.72. The van der Waals surface area contributed by atoms with Crippen LogP contribution in [0.25, 0.3) is 11.3 Å². The number of pyridine rings is 1. The molecule has 1 N–H and O–H groups in total. The normalized spacial score (nSPS) is 15.5. The molecule has 1 amide bonds. The fourth-order valence-corrected chi connectivity index (χ4v) is 3.36. The maximum absolute atomic E-state index is 12.8. The van der Waals surface area contributed by atoms with Crippen molar-refractivity contribution in [1.82, 2.24) is 15.2 Å². The van der Waals surface area contributed by atoms with Gasteiger partial charge < -0.3 is 10.2 Å². The van der Waals surface area contributed by atoms with Crippen LogP contribution in [0.4, 0.5) is 0 Å². The largest absolute Gasteiger partial charge is 0.339 e. The Labute approximate surface area is 143 Å². The number of carbonyl (C=O) groups is 1. The molecule has 3 rings (SSSR count). The second kappa shape index (κ2) is 7.58. The maximum Gasteiger partial charge on any atom is 0.255 e. The minimum atomic E-state index is 0.113. The van der Waals surface area contributed by atoms with Crippen LogP contribution in [-0.2, 0) is 0 Å². The van der Waals surface area contributed by atoms with E-state index in [1.165, 1.54) is 0 Å². The first kappa shape index (κ1) is 16.7. The third kappa shape index (κ3) is 3.65. The summed E-state index contributed by atoms with van der Waals surface area (Å²) in [5.74, 6) is 0.793. The van der Waals surface area contributed by atoms with Crippen LogP contribution in [0.5, 0.6) is 0 Å². The molecule has 0 unspecified atom stereocenters. The van der Waals surface area contributed by atoms with Gasteiger partial charge in [0.1, 0.15) is 0 Å². The van der Waals surface area contributed by atoms with E-state index in [0.29, 0.717) is 5.92 Å². The average molecular weight is 323 g/mol. The van der Waals surface area contributed by atoms with Crippen molar-refractivity contribution in [2.75, 3.05) is 26.7 Å². The van der Waals surface area contributed by atoms with Crippen molar-refractivity contribution < 1.29 is 4.79 Å². The lowest BCUT2D eigenvalue weighted by atomic mass is 9.96. The first-order chi connectivity index (χ1) is 11.7. The van der Waals surface area contributed by atoms with E-state index in [2.05, 4.69) is 10.3 Å². The molecule has 2 heterocycles. The molecule has 4 heteroatoms. The van der Waals surface area contributed by atoms with Gasteiger partial charge in [-0.25, -0.2) is 0 Å². The van der Waals surface area contributed by atoms with Crippen LogP contribution in [-0.4, -0.2) is 42.5 Å². The highest BCUT2D eigenvalue weighted by molar-refractivity contribution is 5.95. The lowest BCUT2D eigenvalue weighted by molar-refractivity contribution is 0.0689. The Hall–Kier alpha value is -2.20. The zero-order valence-corrected chi connectivity index (χ0v) is 14.5. The highest BCUT2D eigenvalue weighted by Crippen LogP contribution is 2.22. The standard InChI is InChI=1S/C20H25N3O/c1-15-18(8-9-19(22-15)17-6-4-3-5-7-17)20(24)23-12-10-16(11-13-23)14-21-2/h3-9,16,21H,10-14H2,1-2H3. The third-order valence-electron chi connectivity index (χ3n) is 4.78. The molecule has 1 aliphatic rings. The van der Waals surface area contributed by atoms with Crippen LogP contribution in [0.15, 0.2) is 42.5 Å². The zero-order valence-electron chi connectivity index (χ0n) is 14.5. The summed E-state index contributed by atoms with van der Waals surface area (Å²) in [6.07, 6.45) is 2.14. The zero-order chi connectivity index (χ0) is 16.9. The van der Waals surface area contributed by atoms with E-state index in [1.54, 1.807) is 0 Å². The SMILES string of the molecule is CNCC1CCN(C(=O)c2ccc(-c3ccccc3)nc2C)CC1. The van der Waals surface area contributed by atoms with Crippen LogP contribution < -0.4 is 5.32 Å². The molecular weight excluding hydrogens is 298 g/mol. The quantitative estimate of drug-likeness (QED) is 0.940. The monoisotopic (exact) mass is 323 g/mol. The summed E-state index contributed by atoms with van der Waals surface area (Å²) in [6.45, 7) is 4.64. The number of hydrogen-bond acceptors (Lipinski definition) is 3. The van der Waals surface area contributed by atoms with Crippen molar-refractivity contribution in [3.8, 4) is 11.3 Å². The highest BCUT2D eigenvalue weighted by atomic mass is 16.2. The summed E-state index contributed by atoms with van der Waals surface area (Å²) in [6, 6.07) is 13.9. The predicted molar refractivity (Wildman–Crippen MR) is 97.0 cm³/mol. The van der Waals surface area contributed by atoms with Crippen molar-refractivity contribution in [2.24, 2.45) is 5.92 Å². The molecule has 1 saturated heterocycles. The number of amides is 1. The Morgan fingerprint density at radius 3 is 2.50 bits per heavy atom. The first-order valence-corrected chi connectivity index (χ1v) is 8.66. The smallest absolute Gasteiger partial charge is 0.255 e. The molecule has 2 aromatic rings. The topological polar surface area (TPSA) is 45.2 Å². The van der Waals surface area contributed by atoms with Gasteiger partial charge in [0.05, 0.1) is 17.0 Å². The van der Waals surface area contributed by atoms with Gasteiger partial charge in [-0.15, -0.1) is 0 Å². The molecular formula is C20H25N3O. The number of nitrogens with zero attached hydrogens (tertiary/aromatic N) is 2. The number of likely N-dealkylation sites (tertiary alicyclic amines) is 1. The van der Waals surface area contributed by atoms with E-state index in [9.17, 15) is 4.79 Å². The summed E-state index contributed by atoms with van der Waals surface area (Å²) in [7, 11) is 1.99. The van der Waals surface area contributed by atoms with Gasteiger partial charge in [0, 0.05) is 18.7 Å². The summed E-state index contributed by atoms with van der Waals surface area (Å²) in [5.41, 5.74) is 3.52. The second-order valence-electron chi connectivity index (χ2n) is 6.49. The van der Waals surface area contributed by atoms with Crippen molar-refractivity contribution in [1.29, 1.82) is 0 Å². The molecule has 0 bridgehead atoms. The molecule has 0 spiro atoms. The molecule has 0 atom stereocenters. The minimum Gasteiger partial charge on any atom is -0.339 e. The van der Waals surface area contributed by atoms with Crippen LogP contribution in [0, 0.1) is 12.8 Å². The van der Waals surface area contributed by atoms with Crippen molar-refractivity contribution in [3.05, 3.63) is 53.7 Å². The van der Waals surface area contributed by atoms with Gasteiger partial charge in [-0.1, -0.05) is 30.3 Å². The van der Waals surface area contributed by atoms with E-state index in [-0.39, 0.29) is 5.91 Å². The van der Waals surface area contributed by atoms with Gasteiger partial charge in [0.2, 0.25) is 0 Å². The summed E-state index contributed by atoms with van der Waals surface area (Å²) in [5, 5.41) is 3.23. The fourth-order valence-electron chi connectivity index (χ4n) is 3.36. The number of aryl methyl sites for hydroxylation is 1. The Bertz CT molecular complexity index is 691. The Morgan fingerprint density at radius 1 is 1.17 bits per heavy atom. The molecule has 1 aromatic carbocycles. The van der Waals surface area contributed by atoms with Crippen LogP contribution in [0.2, 0.25) is 0 Å². The first-order valence-electron chi connectivity index (χ1n) is 8.66. The molecule has 0 aliphatic carbocycles. The van der Waals surface area contributed by atoms with Gasteiger partial charge in [-0.05, 0) is 51.4 Å². The molecule has 126 valence electrons. The van der Waals surface area contributed by atoms with Crippen LogP contribution in [0.1, 0.15) is 28.9 Å². The summed E-state index contributed by atoms with van der Waals surface area (Å²) in [4.78, 5) is 19.4. The van der Waals surface area contributed by atoms with Gasteiger partial charge >= 0.3 is 0 Å². The number of hydrogen-bond donors (Lipinski definition) is 1. The Kier molecular flexibility index (Phi) is 5.26. The van der Waals surface area contributed by atoms with Gasteiger partial charge in [0.25, 0.3) is 5.91 Å². The van der Waals surface area contributed by atoms with E-state index < -0.39 is 0 Å². The molecule has 1 aromatic heterocycles. The van der Waals surface area contributed by atoms with E-state index >= 15 is 0 Å². The van der Waals surface area contributed by atoms with Gasteiger partial charge in [-0.3, -0.25) is 9.78 Å². The third-order valence-corrected chi connectivity index (χ3v) is 4.78.